The molecule has 2 N–H and O–H groups in total. The summed E-state index contributed by atoms with van der Waals surface area (Å²) in [5.41, 5.74) is 8.28. The van der Waals surface area contributed by atoms with Gasteiger partial charge in [0.15, 0.2) is 0 Å². The Morgan fingerprint density at radius 2 is 2.00 bits per heavy atom. The van der Waals surface area contributed by atoms with Crippen LogP contribution in [0.4, 0.5) is 0 Å². The highest BCUT2D eigenvalue weighted by molar-refractivity contribution is 9.10. The van der Waals surface area contributed by atoms with Gasteiger partial charge in [0, 0.05) is 41.0 Å². The van der Waals surface area contributed by atoms with Crippen molar-refractivity contribution in [1.29, 1.82) is 0 Å². The van der Waals surface area contributed by atoms with Crippen LogP contribution in [0, 0.1) is 0 Å². The molecule has 0 aliphatic carbocycles. The van der Waals surface area contributed by atoms with Crippen molar-refractivity contribution in [3.8, 4) is 0 Å². The Kier molecular flexibility index (Phi) is 5.54. The molecule has 2 rings (SSSR count). The van der Waals surface area contributed by atoms with E-state index in [1.54, 1.807) is 12.4 Å². The lowest BCUT2D eigenvalue weighted by Gasteiger charge is -2.28. The summed E-state index contributed by atoms with van der Waals surface area (Å²) in [5.74, 6) is 0. The van der Waals surface area contributed by atoms with Crippen molar-refractivity contribution in [3.63, 3.8) is 0 Å². The molecule has 1 unspecified atom stereocenters. The van der Waals surface area contributed by atoms with Gasteiger partial charge in [0.2, 0.25) is 0 Å². The third-order valence-electron chi connectivity index (χ3n) is 3.25. The van der Waals surface area contributed by atoms with Crippen molar-refractivity contribution in [1.82, 2.24) is 9.88 Å². The molecule has 0 aliphatic heterocycles. The van der Waals surface area contributed by atoms with E-state index >= 15 is 0 Å². The fourth-order valence-electron chi connectivity index (χ4n) is 2.20. The molecule has 1 heterocycles. The highest BCUT2D eigenvalue weighted by Crippen LogP contribution is 2.30. The number of likely N-dealkylation sites (N-methyl/N-ethyl adjacent to an activating group) is 1. The van der Waals surface area contributed by atoms with Crippen LogP contribution >= 0.6 is 27.5 Å². The van der Waals surface area contributed by atoms with E-state index in [1.807, 2.05) is 30.3 Å². The summed E-state index contributed by atoms with van der Waals surface area (Å²) < 4.78 is 1.03. The molecule has 0 fully saturated rings. The molecule has 0 saturated carbocycles. The van der Waals surface area contributed by atoms with Crippen molar-refractivity contribution in [2.45, 2.75) is 12.6 Å². The first kappa shape index (κ1) is 15.4. The van der Waals surface area contributed by atoms with E-state index in [-0.39, 0.29) is 6.04 Å². The Labute approximate surface area is 132 Å². The topological polar surface area (TPSA) is 42.2 Å². The molecule has 0 amide bonds. The maximum absolute atomic E-state index is 6.09. The van der Waals surface area contributed by atoms with E-state index in [1.165, 1.54) is 5.56 Å². The average molecular weight is 355 g/mol. The van der Waals surface area contributed by atoms with Crippen molar-refractivity contribution >= 4 is 27.5 Å². The van der Waals surface area contributed by atoms with E-state index in [0.717, 1.165) is 21.6 Å². The van der Waals surface area contributed by atoms with Crippen molar-refractivity contribution in [2.75, 3.05) is 13.6 Å². The number of rotatable bonds is 5. The fourth-order valence-corrected chi connectivity index (χ4v) is 2.89. The van der Waals surface area contributed by atoms with Gasteiger partial charge in [-0.05, 0) is 48.5 Å². The van der Waals surface area contributed by atoms with E-state index in [2.05, 4.69) is 32.9 Å². The Balaban J connectivity index is 2.21. The summed E-state index contributed by atoms with van der Waals surface area (Å²) in [6.07, 6.45) is 3.60. The number of aromatic nitrogens is 1. The number of nitrogens with two attached hydrogens (primary N) is 1. The van der Waals surface area contributed by atoms with Crippen LogP contribution in [-0.4, -0.2) is 23.5 Å². The van der Waals surface area contributed by atoms with Gasteiger partial charge >= 0.3 is 0 Å². The van der Waals surface area contributed by atoms with E-state index in [9.17, 15) is 0 Å². The number of hydrogen-bond donors (Lipinski definition) is 1. The van der Waals surface area contributed by atoms with Gasteiger partial charge in [-0.25, -0.2) is 0 Å². The highest BCUT2D eigenvalue weighted by Gasteiger charge is 2.18. The summed E-state index contributed by atoms with van der Waals surface area (Å²) in [5, 5.41) is 0.721. The second-order valence-corrected chi connectivity index (χ2v) is 5.98. The fraction of sp³-hybridized carbons (Fsp3) is 0.267. The Bertz CT molecular complexity index is 562. The average Bonchev–Trinajstić information content (AvgIpc) is 2.44. The van der Waals surface area contributed by atoms with Crippen LogP contribution in [-0.2, 0) is 6.54 Å². The molecule has 3 nitrogen and oxygen atoms in total. The number of pyridine rings is 1. The second-order valence-electron chi connectivity index (χ2n) is 4.69. The lowest BCUT2D eigenvalue weighted by molar-refractivity contribution is 0.241. The molecule has 20 heavy (non-hydrogen) atoms. The SMILES string of the molecule is CN(Cc1ccncc1)C(CN)c1cc(Cl)ccc1Br. The number of hydrogen-bond acceptors (Lipinski definition) is 3. The van der Waals surface area contributed by atoms with Crippen LogP contribution in [0.25, 0.3) is 0 Å². The van der Waals surface area contributed by atoms with Crippen LogP contribution in [0.1, 0.15) is 17.2 Å². The predicted octanol–water partition coefficient (Wildman–Crippen LogP) is 3.63. The summed E-state index contributed by atoms with van der Waals surface area (Å²) >= 11 is 9.67. The minimum atomic E-state index is 0.108. The van der Waals surface area contributed by atoms with Gasteiger partial charge in [-0.3, -0.25) is 9.88 Å². The Morgan fingerprint density at radius 1 is 1.30 bits per heavy atom. The van der Waals surface area contributed by atoms with Crippen LogP contribution in [0.2, 0.25) is 5.02 Å². The molecule has 0 saturated heterocycles. The molecule has 0 aliphatic rings. The van der Waals surface area contributed by atoms with Gasteiger partial charge in [-0.2, -0.15) is 0 Å². The zero-order valence-corrected chi connectivity index (χ0v) is 13.6. The van der Waals surface area contributed by atoms with Gasteiger partial charge in [0.05, 0.1) is 0 Å². The van der Waals surface area contributed by atoms with E-state index in [0.29, 0.717) is 6.54 Å². The van der Waals surface area contributed by atoms with Gasteiger partial charge in [-0.15, -0.1) is 0 Å². The number of nitrogens with zero attached hydrogens (tertiary/aromatic N) is 2. The zero-order valence-electron chi connectivity index (χ0n) is 11.3. The minimum absolute atomic E-state index is 0.108. The largest absolute Gasteiger partial charge is 0.329 e. The Hall–Kier alpha value is -0.940. The normalized spacial score (nSPS) is 12.7. The molecular weight excluding hydrogens is 338 g/mol. The third kappa shape index (κ3) is 3.79. The summed E-state index contributed by atoms with van der Waals surface area (Å²) in [4.78, 5) is 6.25. The standard InChI is InChI=1S/C15H17BrClN3/c1-20(10-11-4-6-19-7-5-11)15(9-18)13-8-12(17)2-3-14(13)16/h2-8,15H,9-10,18H2,1H3. The summed E-state index contributed by atoms with van der Waals surface area (Å²) in [6, 6.07) is 9.92. The highest BCUT2D eigenvalue weighted by atomic mass is 79.9. The Morgan fingerprint density at radius 3 is 2.65 bits per heavy atom. The predicted molar refractivity (Wildman–Crippen MR) is 86.7 cm³/mol. The smallest absolute Gasteiger partial charge is 0.0482 e. The first-order valence-corrected chi connectivity index (χ1v) is 7.53. The molecule has 0 bridgehead atoms. The quantitative estimate of drug-likeness (QED) is 0.891. The first-order chi connectivity index (χ1) is 9.61. The van der Waals surface area contributed by atoms with Crippen molar-refractivity contribution in [3.05, 3.63) is 63.3 Å². The lowest BCUT2D eigenvalue weighted by Crippen LogP contribution is -2.30. The van der Waals surface area contributed by atoms with E-state index < -0.39 is 0 Å². The van der Waals surface area contributed by atoms with Crippen LogP contribution in [0.15, 0.2) is 47.2 Å². The number of benzene rings is 1. The molecule has 2 aromatic rings. The van der Waals surface area contributed by atoms with Crippen molar-refractivity contribution in [2.24, 2.45) is 5.73 Å². The lowest BCUT2D eigenvalue weighted by atomic mass is 10.1. The monoisotopic (exact) mass is 353 g/mol. The van der Waals surface area contributed by atoms with Gasteiger partial charge < -0.3 is 5.73 Å². The number of halogens is 2. The second kappa shape index (κ2) is 7.18. The maximum atomic E-state index is 6.09. The molecule has 0 spiro atoms. The van der Waals surface area contributed by atoms with E-state index in [4.69, 9.17) is 17.3 Å². The van der Waals surface area contributed by atoms with Gasteiger partial charge in [0.25, 0.3) is 0 Å². The van der Waals surface area contributed by atoms with Crippen LogP contribution in [0.5, 0.6) is 0 Å². The van der Waals surface area contributed by atoms with Crippen LogP contribution < -0.4 is 5.73 Å². The van der Waals surface area contributed by atoms with Crippen LogP contribution in [0.3, 0.4) is 0 Å². The molecule has 0 radical (unpaired) electrons. The summed E-state index contributed by atoms with van der Waals surface area (Å²) in [7, 11) is 2.06. The van der Waals surface area contributed by atoms with Gasteiger partial charge in [-0.1, -0.05) is 27.5 Å². The maximum Gasteiger partial charge on any atom is 0.0482 e. The third-order valence-corrected chi connectivity index (χ3v) is 4.21. The molecule has 1 atom stereocenters. The van der Waals surface area contributed by atoms with Crippen molar-refractivity contribution < 1.29 is 0 Å². The molecular formula is C15H17BrClN3. The molecule has 5 heteroatoms. The molecule has 1 aromatic heterocycles. The first-order valence-electron chi connectivity index (χ1n) is 6.36. The zero-order chi connectivity index (χ0) is 14.5. The molecule has 106 valence electrons. The molecule has 1 aromatic carbocycles. The summed E-state index contributed by atoms with van der Waals surface area (Å²) in [6.45, 7) is 1.34. The minimum Gasteiger partial charge on any atom is -0.329 e. The van der Waals surface area contributed by atoms with Gasteiger partial charge in [0.1, 0.15) is 0 Å².